The van der Waals surface area contributed by atoms with E-state index in [0.717, 1.165) is 0 Å². The second-order valence-electron chi connectivity index (χ2n) is 5.51. The third-order valence-electron chi connectivity index (χ3n) is 3.81. The van der Waals surface area contributed by atoms with Crippen molar-refractivity contribution in [1.29, 1.82) is 0 Å². The molecule has 0 bridgehead atoms. The summed E-state index contributed by atoms with van der Waals surface area (Å²) < 4.78 is 31.7. The summed E-state index contributed by atoms with van der Waals surface area (Å²) in [6, 6.07) is 12.7. The first-order valence-electron chi connectivity index (χ1n) is 7.72. The van der Waals surface area contributed by atoms with Crippen molar-refractivity contribution < 1.29 is 17.9 Å². The highest BCUT2D eigenvalue weighted by atomic mass is 35.5. The van der Waals surface area contributed by atoms with Crippen LogP contribution in [0.15, 0.2) is 53.4 Å². The van der Waals surface area contributed by atoms with Crippen LogP contribution in [0.4, 0.5) is 5.69 Å². The largest absolute Gasteiger partial charge is 0.379 e. The number of carbonyl (C=O) groups is 1. The Kier molecular flexibility index (Phi) is 5.39. The molecule has 2 aromatic carbocycles. The van der Waals surface area contributed by atoms with Crippen molar-refractivity contribution in [3.63, 3.8) is 0 Å². The molecule has 1 N–H and O–H groups in total. The lowest BCUT2D eigenvalue weighted by Crippen LogP contribution is -2.40. The molecule has 132 valence electrons. The second kappa shape index (κ2) is 7.53. The number of anilines is 1. The maximum absolute atomic E-state index is 12.6. The van der Waals surface area contributed by atoms with Crippen molar-refractivity contribution >= 4 is 33.2 Å². The maximum atomic E-state index is 12.6. The van der Waals surface area contributed by atoms with Crippen LogP contribution < -0.4 is 5.32 Å². The smallest absolute Gasteiger partial charge is 0.255 e. The number of benzene rings is 2. The first-order chi connectivity index (χ1) is 12.0. The number of morpholine rings is 1. The molecule has 0 atom stereocenters. The maximum Gasteiger partial charge on any atom is 0.255 e. The molecule has 0 aliphatic carbocycles. The van der Waals surface area contributed by atoms with E-state index in [0.29, 0.717) is 42.6 Å². The van der Waals surface area contributed by atoms with Gasteiger partial charge in [-0.2, -0.15) is 4.31 Å². The first kappa shape index (κ1) is 17.9. The van der Waals surface area contributed by atoms with Crippen molar-refractivity contribution in [2.45, 2.75) is 4.90 Å². The van der Waals surface area contributed by atoms with Gasteiger partial charge in [0.15, 0.2) is 0 Å². The summed E-state index contributed by atoms with van der Waals surface area (Å²) in [4.78, 5) is 12.4. The highest BCUT2D eigenvalue weighted by molar-refractivity contribution is 7.89. The standard InChI is InChI=1S/C17H17ClN2O4S/c18-14-2-1-3-15(12-14)19-17(21)13-4-6-16(7-5-13)25(22,23)20-8-10-24-11-9-20/h1-7,12H,8-11H2,(H,19,21). The number of amides is 1. The van der Waals surface area contributed by atoms with E-state index in [1.165, 1.54) is 28.6 Å². The van der Waals surface area contributed by atoms with Crippen LogP contribution in [0.3, 0.4) is 0 Å². The zero-order chi connectivity index (χ0) is 17.9. The highest BCUT2D eigenvalue weighted by Crippen LogP contribution is 2.19. The number of carbonyl (C=O) groups excluding carboxylic acids is 1. The van der Waals surface area contributed by atoms with Crippen LogP contribution in [-0.4, -0.2) is 44.9 Å². The molecule has 1 aliphatic heterocycles. The molecule has 1 heterocycles. The summed E-state index contributed by atoms with van der Waals surface area (Å²) in [6.45, 7) is 1.44. The molecule has 8 heteroatoms. The van der Waals surface area contributed by atoms with E-state index in [1.54, 1.807) is 24.3 Å². The van der Waals surface area contributed by atoms with Crippen molar-refractivity contribution in [1.82, 2.24) is 4.31 Å². The Morgan fingerprint density at radius 3 is 2.40 bits per heavy atom. The van der Waals surface area contributed by atoms with E-state index < -0.39 is 10.0 Å². The predicted molar refractivity (Wildman–Crippen MR) is 95.4 cm³/mol. The van der Waals surface area contributed by atoms with Gasteiger partial charge in [-0.3, -0.25) is 4.79 Å². The SMILES string of the molecule is O=C(Nc1cccc(Cl)c1)c1ccc(S(=O)(=O)N2CCOCC2)cc1. The predicted octanol–water partition coefficient (Wildman–Crippen LogP) is 2.61. The molecular formula is C17H17ClN2O4S. The van der Waals surface area contributed by atoms with E-state index in [4.69, 9.17) is 16.3 Å². The van der Waals surface area contributed by atoms with Crippen LogP contribution in [0.5, 0.6) is 0 Å². The van der Waals surface area contributed by atoms with Crippen LogP contribution in [0.2, 0.25) is 5.02 Å². The number of hydrogen-bond acceptors (Lipinski definition) is 4. The third-order valence-corrected chi connectivity index (χ3v) is 5.95. The van der Waals surface area contributed by atoms with Crippen molar-refractivity contribution in [3.05, 3.63) is 59.1 Å². The fraction of sp³-hybridized carbons (Fsp3) is 0.235. The Balaban J connectivity index is 1.74. The van der Waals surface area contributed by atoms with E-state index >= 15 is 0 Å². The second-order valence-corrected chi connectivity index (χ2v) is 7.88. The molecule has 0 spiro atoms. The van der Waals surface area contributed by atoms with E-state index in [-0.39, 0.29) is 10.8 Å². The van der Waals surface area contributed by atoms with Gasteiger partial charge in [-0.15, -0.1) is 0 Å². The fourth-order valence-electron chi connectivity index (χ4n) is 2.48. The zero-order valence-corrected chi connectivity index (χ0v) is 14.9. The molecule has 3 rings (SSSR count). The van der Waals surface area contributed by atoms with Gasteiger partial charge in [-0.25, -0.2) is 8.42 Å². The molecular weight excluding hydrogens is 364 g/mol. The summed E-state index contributed by atoms with van der Waals surface area (Å²) in [6.07, 6.45) is 0. The molecule has 6 nitrogen and oxygen atoms in total. The number of nitrogens with one attached hydrogen (secondary N) is 1. The highest BCUT2D eigenvalue weighted by Gasteiger charge is 2.26. The number of ether oxygens (including phenoxy) is 1. The topological polar surface area (TPSA) is 75.7 Å². The third kappa shape index (κ3) is 4.19. The van der Waals surface area contributed by atoms with Crippen molar-refractivity contribution in [2.24, 2.45) is 0 Å². The molecule has 2 aromatic rings. The van der Waals surface area contributed by atoms with Gasteiger partial charge in [-0.1, -0.05) is 17.7 Å². The number of nitrogens with zero attached hydrogens (tertiary/aromatic N) is 1. The van der Waals surface area contributed by atoms with Crippen molar-refractivity contribution in [3.8, 4) is 0 Å². The monoisotopic (exact) mass is 380 g/mol. The molecule has 0 saturated carbocycles. The average Bonchev–Trinajstić information content (AvgIpc) is 2.62. The first-order valence-corrected chi connectivity index (χ1v) is 9.53. The molecule has 1 aliphatic rings. The molecule has 1 fully saturated rings. The molecule has 25 heavy (non-hydrogen) atoms. The number of hydrogen-bond donors (Lipinski definition) is 1. The lowest BCUT2D eigenvalue weighted by Gasteiger charge is -2.26. The lowest BCUT2D eigenvalue weighted by molar-refractivity contribution is 0.0730. The number of halogens is 1. The summed E-state index contributed by atoms with van der Waals surface area (Å²) in [5.74, 6) is -0.336. The van der Waals surface area contributed by atoms with Gasteiger partial charge in [0.25, 0.3) is 5.91 Å². The van der Waals surface area contributed by atoms with Crippen molar-refractivity contribution in [2.75, 3.05) is 31.6 Å². The van der Waals surface area contributed by atoms with Gasteiger partial charge in [-0.05, 0) is 42.5 Å². The summed E-state index contributed by atoms with van der Waals surface area (Å²) in [5.41, 5.74) is 0.934. The van der Waals surface area contributed by atoms with E-state index in [9.17, 15) is 13.2 Å². The van der Waals surface area contributed by atoms with E-state index in [2.05, 4.69) is 5.32 Å². The number of rotatable bonds is 4. The minimum atomic E-state index is -3.56. The van der Waals surface area contributed by atoms with Gasteiger partial charge in [0, 0.05) is 29.4 Å². The molecule has 1 saturated heterocycles. The summed E-state index contributed by atoms with van der Waals surface area (Å²) in [5, 5.41) is 3.24. The minimum absolute atomic E-state index is 0.161. The van der Waals surface area contributed by atoms with Gasteiger partial charge in [0.1, 0.15) is 0 Å². The minimum Gasteiger partial charge on any atom is -0.379 e. The molecule has 0 aromatic heterocycles. The van der Waals surface area contributed by atoms with Crippen LogP contribution in [0.1, 0.15) is 10.4 Å². The van der Waals surface area contributed by atoms with Crippen LogP contribution in [0.25, 0.3) is 0 Å². The Morgan fingerprint density at radius 2 is 1.76 bits per heavy atom. The van der Waals surface area contributed by atoms with Crippen LogP contribution in [0, 0.1) is 0 Å². The van der Waals surface area contributed by atoms with Gasteiger partial charge in [0.2, 0.25) is 10.0 Å². The molecule has 0 unspecified atom stereocenters. The summed E-state index contributed by atoms with van der Waals surface area (Å²) in [7, 11) is -3.56. The van der Waals surface area contributed by atoms with Crippen LogP contribution in [-0.2, 0) is 14.8 Å². The average molecular weight is 381 g/mol. The van der Waals surface area contributed by atoms with E-state index in [1.807, 2.05) is 0 Å². The number of sulfonamides is 1. The molecule has 0 radical (unpaired) electrons. The van der Waals surface area contributed by atoms with Crippen LogP contribution >= 0.6 is 11.6 Å². The lowest BCUT2D eigenvalue weighted by atomic mass is 10.2. The summed E-state index contributed by atoms with van der Waals surface area (Å²) >= 11 is 5.89. The molecule has 1 amide bonds. The Hall–Kier alpha value is -1.93. The fourth-order valence-corrected chi connectivity index (χ4v) is 4.08. The van der Waals surface area contributed by atoms with Gasteiger partial charge >= 0.3 is 0 Å². The Labute approximate surface area is 151 Å². The quantitative estimate of drug-likeness (QED) is 0.884. The Morgan fingerprint density at radius 1 is 1.08 bits per heavy atom. The Bertz CT molecular complexity index is 862. The van der Waals surface area contributed by atoms with Gasteiger partial charge in [0.05, 0.1) is 18.1 Å². The zero-order valence-electron chi connectivity index (χ0n) is 13.3. The van der Waals surface area contributed by atoms with Gasteiger partial charge < -0.3 is 10.1 Å². The normalized spacial score (nSPS) is 15.7.